The number of aliphatic imine (C=N–C) groups is 1. The summed E-state index contributed by atoms with van der Waals surface area (Å²) in [4.78, 5) is 43.5. The summed E-state index contributed by atoms with van der Waals surface area (Å²) in [5.41, 5.74) is 3.30. The van der Waals surface area contributed by atoms with Crippen LogP contribution in [0.1, 0.15) is 65.1 Å². The van der Waals surface area contributed by atoms with E-state index in [9.17, 15) is 9.59 Å². The van der Waals surface area contributed by atoms with E-state index in [1.165, 1.54) is 5.56 Å². The van der Waals surface area contributed by atoms with Crippen LogP contribution in [-0.4, -0.2) is 101 Å². The zero-order valence-corrected chi connectivity index (χ0v) is 26.2. The summed E-state index contributed by atoms with van der Waals surface area (Å²) in [7, 11) is 0. The third kappa shape index (κ3) is 6.34. The molecule has 0 aliphatic carbocycles. The smallest absolute Gasteiger partial charge is 0.410 e. The van der Waals surface area contributed by atoms with Gasteiger partial charge in [0, 0.05) is 82.0 Å². The molecular weight excluding hydrogens is 544 g/mol. The molecule has 0 saturated carbocycles. The highest BCUT2D eigenvalue weighted by Gasteiger charge is 2.51. The number of pyridine rings is 1. The van der Waals surface area contributed by atoms with E-state index in [1.807, 2.05) is 58.7 Å². The molecule has 0 N–H and O–H groups in total. The predicted octanol–water partition coefficient (Wildman–Crippen LogP) is 5.26. The number of amides is 2. The van der Waals surface area contributed by atoms with Crippen LogP contribution in [0.25, 0.3) is 0 Å². The average molecular weight is 589 g/mol. The first-order valence-corrected chi connectivity index (χ1v) is 15.4. The highest BCUT2D eigenvalue weighted by molar-refractivity contribution is 6.03. The Hall–Kier alpha value is -3.66. The van der Waals surface area contributed by atoms with Crippen LogP contribution in [0.3, 0.4) is 0 Å². The number of anilines is 1. The van der Waals surface area contributed by atoms with Crippen molar-refractivity contribution < 1.29 is 19.1 Å². The third-order valence-electron chi connectivity index (χ3n) is 8.60. The lowest BCUT2D eigenvalue weighted by atomic mass is 9.84. The largest absolute Gasteiger partial charge is 0.444 e. The van der Waals surface area contributed by atoms with E-state index >= 15 is 0 Å². The van der Waals surface area contributed by atoms with Crippen LogP contribution in [0, 0.1) is 5.92 Å². The molecule has 10 nitrogen and oxygen atoms in total. The Balaban J connectivity index is 1.12. The second-order valence-corrected chi connectivity index (χ2v) is 14.1. The molecular formula is C33H44N6O4. The second-order valence-electron chi connectivity index (χ2n) is 14.1. The highest BCUT2D eigenvalue weighted by atomic mass is 16.6. The Bertz CT molecular complexity index is 1390. The van der Waals surface area contributed by atoms with Crippen molar-refractivity contribution in [2.45, 2.75) is 71.2 Å². The molecule has 1 aromatic heterocycles. The standard InChI is InChI=1S/C33H44N6O4/c1-32(2,3)42-30(40)37-15-13-36(14-16-37)29-12-11-22(18-34-29)26-17-27(24-9-7-8-10-25(24)35-26)39-20-23-19-38(21-28(23)39)31(41)43-33(4,5)6/h7-12,18,23,27-28H,13-17,19-21H2,1-6H3/t23-,27?,28-/m1/s1. The van der Waals surface area contributed by atoms with Gasteiger partial charge < -0.3 is 24.2 Å². The Morgan fingerprint density at radius 2 is 1.49 bits per heavy atom. The van der Waals surface area contributed by atoms with Crippen molar-refractivity contribution >= 4 is 29.4 Å². The van der Waals surface area contributed by atoms with E-state index < -0.39 is 11.2 Å². The predicted molar refractivity (Wildman–Crippen MR) is 166 cm³/mol. The molecule has 5 heterocycles. The number of hydrogen-bond donors (Lipinski definition) is 0. The summed E-state index contributed by atoms with van der Waals surface area (Å²) in [6, 6.07) is 13.1. The number of para-hydroxylation sites is 1. The number of carbonyl (C=O) groups excluding carboxylic acids is 2. The van der Waals surface area contributed by atoms with E-state index in [1.54, 1.807) is 4.90 Å². The number of benzene rings is 1. The molecule has 3 saturated heterocycles. The molecule has 1 unspecified atom stereocenters. The molecule has 230 valence electrons. The van der Waals surface area contributed by atoms with Crippen LogP contribution >= 0.6 is 0 Å². The number of nitrogens with zero attached hydrogens (tertiary/aromatic N) is 6. The fourth-order valence-electron chi connectivity index (χ4n) is 6.53. The van der Waals surface area contributed by atoms with Crippen molar-refractivity contribution in [3.63, 3.8) is 0 Å². The first-order chi connectivity index (χ1) is 20.3. The molecule has 6 rings (SSSR count). The van der Waals surface area contributed by atoms with Gasteiger partial charge in [0.1, 0.15) is 17.0 Å². The molecule has 2 aromatic rings. The molecule has 2 amide bonds. The molecule has 1 aromatic carbocycles. The van der Waals surface area contributed by atoms with Crippen molar-refractivity contribution in [3.8, 4) is 0 Å². The lowest BCUT2D eigenvalue weighted by Gasteiger charge is -2.49. The molecule has 43 heavy (non-hydrogen) atoms. The van der Waals surface area contributed by atoms with E-state index in [0.717, 1.165) is 42.3 Å². The van der Waals surface area contributed by atoms with Gasteiger partial charge in [0.05, 0.1) is 11.4 Å². The Labute approximate surface area is 254 Å². The SMILES string of the molecule is CC(C)(C)OC(=O)N1CCN(c2ccc(C3=Nc4ccccc4C(N4C[C@H]5CN(C(=O)OC(C)(C)C)C[C@H]54)C3)cn2)CC1. The van der Waals surface area contributed by atoms with E-state index in [2.05, 4.69) is 40.1 Å². The van der Waals surface area contributed by atoms with Gasteiger partial charge in [0.25, 0.3) is 0 Å². The summed E-state index contributed by atoms with van der Waals surface area (Å²) in [6.45, 7) is 16.4. The van der Waals surface area contributed by atoms with Gasteiger partial charge in [-0.1, -0.05) is 18.2 Å². The summed E-state index contributed by atoms with van der Waals surface area (Å²) >= 11 is 0. The van der Waals surface area contributed by atoms with E-state index in [-0.39, 0.29) is 18.2 Å². The molecule has 0 bridgehead atoms. The minimum absolute atomic E-state index is 0.198. The lowest BCUT2D eigenvalue weighted by Crippen LogP contribution is -2.57. The zero-order chi connectivity index (χ0) is 30.5. The maximum Gasteiger partial charge on any atom is 0.410 e. The second kappa shape index (κ2) is 11.1. The first kappa shape index (κ1) is 29.4. The van der Waals surface area contributed by atoms with Crippen LogP contribution < -0.4 is 4.90 Å². The van der Waals surface area contributed by atoms with Crippen molar-refractivity contribution in [1.29, 1.82) is 0 Å². The number of piperazine rings is 1. The van der Waals surface area contributed by atoms with Crippen molar-refractivity contribution in [3.05, 3.63) is 53.7 Å². The van der Waals surface area contributed by atoms with Gasteiger partial charge in [-0.15, -0.1) is 0 Å². The Morgan fingerprint density at radius 3 is 2.14 bits per heavy atom. The molecule has 10 heteroatoms. The number of fused-ring (bicyclic) bond motifs is 2. The molecule has 3 fully saturated rings. The number of ether oxygens (including phenoxy) is 2. The maximum absolute atomic E-state index is 12.8. The fourth-order valence-corrected chi connectivity index (χ4v) is 6.53. The van der Waals surface area contributed by atoms with Gasteiger partial charge in [0.2, 0.25) is 0 Å². The van der Waals surface area contributed by atoms with Gasteiger partial charge in [0.15, 0.2) is 0 Å². The summed E-state index contributed by atoms with van der Waals surface area (Å²) in [6.07, 6.45) is 2.25. The zero-order valence-electron chi connectivity index (χ0n) is 26.2. The van der Waals surface area contributed by atoms with Crippen LogP contribution in [0.15, 0.2) is 47.6 Å². The number of carbonyl (C=O) groups is 2. The van der Waals surface area contributed by atoms with Crippen LogP contribution in [0.5, 0.6) is 0 Å². The molecule has 3 atom stereocenters. The Morgan fingerprint density at radius 1 is 0.814 bits per heavy atom. The van der Waals surface area contributed by atoms with Gasteiger partial charge >= 0.3 is 12.2 Å². The fraction of sp³-hybridized carbons (Fsp3) is 0.576. The van der Waals surface area contributed by atoms with Crippen molar-refractivity contribution in [1.82, 2.24) is 19.7 Å². The molecule has 0 radical (unpaired) electrons. The van der Waals surface area contributed by atoms with Crippen LogP contribution in [0.4, 0.5) is 21.1 Å². The highest BCUT2D eigenvalue weighted by Crippen LogP contribution is 2.45. The van der Waals surface area contributed by atoms with E-state index in [0.29, 0.717) is 44.7 Å². The minimum atomic E-state index is -0.498. The van der Waals surface area contributed by atoms with Crippen molar-refractivity contribution in [2.24, 2.45) is 10.9 Å². The molecule has 0 spiro atoms. The topological polar surface area (TPSA) is 90.8 Å². The van der Waals surface area contributed by atoms with Crippen molar-refractivity contribution in [2.75, 3.05) is 50.7 Å². The molecule has 4 aliphatic heterocycles. The van der Waals surface area contributed by atoms with E-state index in [4.69, 9.17) is 19.5 Å². The quantitative estimate of drug-likeness (QED) is 0.483. The molecule has 4 aliphatic rings. The van der Waals surface area contributed by atoms with Gasteiger partial charge in [-0.05, 0) is 65.3 Å². The summed E-state index contributed by atoms with van der Waals surface area (Å²) < 4.78 is 11.2. The average Bonchev–Trinajstić information content (AvgIpc) is 3.27. The monoisotopic (exact) mass is 588 g/mol. The summed E-state index contributed by atoms with van der Waals surface area (Å²) in [5.74, 6) is 1.37. The summed E-state index contributed by atoms with van der Waals surface area (Å²) in [5, 5.41) is 0. The first-order valence-electron chi connectivity index (χ1n) is 15.4. The number of likely N-dealkylation sites (tertiary alicyclic amines) is 2. The van der Waals surface area contributed by atoms with Gasteiger partial charge in [-0.25, -0.2) is 14.6 Å². The van der Waals surface area contributed by atoms with Crippen LogP contribution in [-0.2, 0) is 9.47 Å². The van der Waals surface area contributed by atoms with Gasteiger partial charge in [-0.3, -0.25) is 9.89 Å². The lowest BCUT2D eigenvalue weighted by molar-refractivity contribution is 0.00865. The number of hydrogen-bond acceptors (Lipinski definition) is 8. The number of aromatic nitrogens is 1. The third-order valence-corrected chi connectivity index (χ3v) is 8.60. The maximum atomic E-state index is 12.8. The Kier molecular flexibility index (Phi) is 7.61. The number of rotatable bonds is 3. The van der Waals surface area contributed by atoms with Gasteiger partial charge in [-0.2, -0.15) is 0 Å². The normalized spacial score (nSPS) is 24.1. The van der Waals surface area contributed by atoms with Crippen LogP contribution in [0.2, 0.25) is 0 Å². The minimum Gasteiger partial charge on any atom is -0.444 e.